The molecule has 4 heteroatoms. The van der Waals surface area contributed by atoms with E-state index in [1.54, 1.807) is 0 Å². The summed E-state index contributed by atoms with van der Waals surface area (Å²) in [5.41, 5.74) is -0.0713. The Hall–Kier alpha value is -1.03. The summed E-state index contributed by atoms with van der Waals surface area (Å²) in [5.74, 6) is 0. The van der Waals surface area contributed by atoms with Gasteiger partial charge in [-0.15, -0.1) is 0 Å². The topological polar surface area (TPSA) is 44.4 Å². The second kappa shape index (κ2) is 3.79. The van der Waals surface area contributed by atoms with Gasteiger partial charge in [0.25, 0.3) is 5.56 Å². The van der Waals surface area contributed by atoms with Crippen LogP contribution < -0.4 is 5.56 Å². The van der Waals surface area contributed by atoms with Crippen LogP contribution >= 0.6 is 0 Å². The van der Waals surface area contributed by atoms with Crippen LogP contribution in [0, 0.1) is 0 Å². The van der Waals surface area contributed by atoms with Crippen LogP contribution in [0.3, 0.4) is 0 Å². The fraction of sp³-hybridized carbons (Fsp3) is 0.667. The molecule has 1 fully saturated rings. The number of ether oxygens (including phenoxy) is 1. The van der Waals surface area contributed by atoms with E-state index in [0.29, 0.717) is 12.6 Å². The zero-order valence-electron chi connectivity index (χ0n) is 7.44. The van der Waals surface area contributed by atoms with Crippen LogP contribution in [0.4, 0.5) is 0 Å². The molecule has 13 heavy (non-hydrogen) atoms. The van der Waals surface area contributed by atoms with Gasteiger partial charge in [-0.3, -0.25) is 4.79 Å². The second-order valence-corrected chi connectivity index (χ2v) is 3.27. The molecule has 0 bridgehead atoms. The quantitative estimate of drug-likeness (QED) is 0.702. The Labute approximate surface area is 76.1 Å². The van der Waals surface area contributed by atoms with E-state index in [2.05, 4.69) is 0 Å². The summed E-state index contributed by atoms with van der Waals surface area (Å²) in [5, 5.41) is 0. The molecule has 1 aliphatic rings. The van der Waals surface area contributed by atoms with Crippen molar-refractivity contribution in [3.05, 3.63) is 22.7 Å². The molecule has 0 saturated carbocycles. The summed E-state index contributed by atoms with van der Waals surface area (Å²) >= 11 is 0. The van der Waals surface area contributed by atoms with E-state index >= 15 is 0 Å². The van der Waals surface area contributed by atoms with Gasteiger partial charge in [0, 0.05) is 12.7 Å². The van der Waals surface area contributed by atoms with E-state index in [-0.39, 0.29) is 5.56 Å². The summed E-state index contributed by atoms with van der Waals surface area (Å²) in [6.07, 6.45) is 4.84. The Balaban J connectivity index is 1.85. The highest BCUT2D eigenvalue weighted by Gasteiger charge is 2.15. The first kappa shape index (κ1) is 8.56. The number of hydrogen-bond acceptors (Lipinski definition) is 3. The molecule has 72 valence electrons. The van der Waals surface area contributed by atoms with Crippen LogP contribution in [0.5, 0.6) is 0 Å². The first-order chi connectivity index (χ1) is 6.36. The summed E-state index contributed by atoms with van der Waals surface area (Å²) in [4.78, 5) is 11.1. The number of nitrogens with zero attached hydrogens (tertiary/aromatic N) is 1. The van der Waals surface area contributed by atoms with Crippen molar-refractivity contribution in [2.45, 2.75) is 31.9 Å². The first-order valence-electron chi connectivity index (χ1n) is 4.63. The Morgan fingerprint density at radius 1 is 1.62 bits per heavy atom. The molecule has 0 aromatic carbocycles. The van der Waals surface area contributed by atoms with Crippen molar-refractivity contribution in [3.63, 3.8) is 0 Å². The molecular formula is C9H13NO3. The number of aryl methyl sites for hydroxylation is 1. The highest BCUT2D eigenvalue weighted by Crippen LogP contribution is 2.15. The summed E-state index contributed by atoms with van der Waals surface area (Å²) in [6.45, 7) is 1.48. The van der Waals surface area contributed by atoms with Gasteiger partial charge in [-0.25, -0.2) is 0 Å². The van der Waals surface area contributed by atoms with Gasteiger partial charge in [-0.2, -0.15) is 4.74 Å². The lowest BCUT2D eigenvalue weighted by Gasteiger charge is -2.07. The van der Waals surface area contributed by atoms with Crippen molar-refractivity contribution in [1.82, 2.24) is 4.74 Å². The third-order valence-electron chi connectivity index (χ3n) is 2.32. The molecule has 0 spiro atoms. The minimum absolute atomic E-state index is 0.0713. The standard InChI is InChI=1S/C9H13NO3/c11-9-4-7-13-10(9)5-3-8-2-1-6-12-8/h4,7-8H,1-3,5-6H2. The summed E-state index contributed by atoms with van der Waals surface area (Å²) < 4.78 is 11.8. The average molecular weight is 183 g/mol. The molecule has 1 unspecified atom stereocenters. The smallest absolute Gasteiger partial charge is 0.282 e. The molecule has 1 aromatic rings. The number of hydrogen-bond donors (Lipinski definition) is 0. The normalized spacial score (nSPS) is 22.3. The molecule has 0 radical (unpaired) electrons. The van der Waals surface area contributed by atoms with E-state index in [1.807, 2.05) is 0 Å². The minimum Gasteiger partial charge on any atom is -0.384 e. The maximum absolute atomic E-state index is 11.1. The van der Waals surface area contributed by atoms with Crippen LogP contribution in [0.25, 0.3) is 0 Å². The lowest BCUT2D eigenvalue weighted by molar-refractivity contribution is 0.0912. The molecule has 1 atom stereocenters. The third kappa shape index (κ3) is 2.01. The van der Waals surface area contributed by atoms with Gasteiger partial charge in [0.1, 0.15) is 6.26 Å². The van der Waals surface area contributed by atoms with Gasteiger partial charge in [-0.05, 0) is 19.3 Å². The number of rotatable bonds is 3. The fourth-order valence-electron chi connectivity index (χ4n) is 1.59. The molecule has 0 N–H and O–H groups in total. The van der Waals surface area contributed by atoms with Crippen LogP contribution in [-0.4, -0.2) is 17.5 Å². The lowest BCUT2D eigenvalue weighted by atomic mass is 10.2. The zero-order valence-corrected chi connectivity index (χ0v) is 7.44. The Morgan fingerprint density at radius 2 is 2.54 bits per heavy atom. The van der Waals surface area contributed by atoms with Gasteiger partial charge < -0.3 is 9.26 Å². The van der Waals surface area contributed by atoms with Crippen molar-refractivity contribution < 1.29 is 9.26 Å². The Bertz CT molecular complexity index is 309. The van der Waals surface area contributed by atoms with Gasteiger partial charge >= 0.3 is 0 Å². The van der Waals surface area contributed by atoms with Crippen LogP contribution in [-0.2, 0) is 11.3 Å². The Kier molecular flexibility index (Phi) is 2.49. The van der Waals surface area contributed by atoms with E-state index in [1.165, 1.54) is 17.1 Å². The lowest BCUT2D eigenvalue weighted by Crippen LogP contribution is -2.17. The van der Waals surface area contributed by atoms with Gasteiger partial charge in [0.2, 0.25) is 0 Å². The fourth-order valence-corrected chi connectivity index (χ4v) is 1.59. The van der Waals surface area contributed by atoms with E-state index in [0.717, 1.165) is 25.9 Å². The molecule has 0 amide bonds. The summed E-state index contributed by atoms with van der Waals surface area (Å²) in [7, 11) is 0. The van der Waals surface area contributed by atoms with Crippen LogP contribution in [0.15, 0.2) is 21.6 Å². The van der Waals surface area contributed by atoms with Crippen molar-refractivity contribution in [3.8, 4) is 0 Å². The Morgan fingerprint density at radius 3 is 3.15 bits per heavy atom. The molecule has 1 aliphatic heterocycles. The van der Waals surface area contributed by atoms with Crippen LogP contribution in [0.2, 0.25) is 0 Å². The molecule has 4 nitrogen and oxygen atoms in total. The van der Waals surface area contributed by atoms with Crippen molar-refractivity contribution in [1.29, 1.82) is 0 Å². The summed E-state index contributed by atoms with van der Waals surface area (Å²) in [6, 6.07) is 1.43. The monoisotopic (exact) mass is 183 g/mol. The average Bonchev–Trinajstić information content (AvgIpc) is 2.72. The van der Waals surface area contributed by atoms with E-state index in [4.69, 9.17) is 9.26 Å². The second-order valence-electron chi connectivity index (χ2n) is 3.27. The molecular weight excluding hydrogens is 170 g/mol. The minimum atomic E-state index is -0.0713. The molecule has 2 heterocycles. The van der Waals surface area contributed by atoms with Crippen molar-refractivity contribution in [2.24, 2.45) is 0 Å². The third-order valence-corrected chi connectivity index (χ3v) is 2.32. The maximum Gasteiger partial charge on any atom is 0.282 e. The first-order valence-corrected chi connectivity index (χ1v) is 4.63. The number of aromatic nitrogens is 1. The molecule has 1 saturated heterocycles. The maximum atomic E-state index is 11.1. The van der Waals surface area contributed by atoms with Gasteiger partial charge in [-0.1, -0.05) is 0 Å². The van der Waals surface area contributed by atoms with E-state index < -0.39 is 0 Å². The largest absolute Gasteiger partial charge is 0.384 e. The molecule has 0 aliphatic carbocycles. The van der Waals surface area contributed by atoms with Crippen LogP contribution in [0.1, 0.15) is 19.3 Å². The van der Waals surface area contributed by atoms with E-state index in [9.17, 15) is 4.79 Å². The van der Waals surface area contributed by atoms with Gasteiger partial charge in [0.15, 0.2) is 0 Å². The highest BCUT2D eigenvalue weighted by molar-refractivity contribution is 4.76. The van der Waals surface area contributed by atoms with Crippen molar-refractivity contribution >= 4 is 0 Å². The molecule has 1 aromatic heterocycles. The van der Waals surface area contributed by atoms with Gasteiger partial charge in [0.05, 0.1) is 12.6 Å². The zero-order chi connectivity index (χ0) is 9.10. The SMILES string of the molecule is O=c1ccon1CCC1CCCO1. The predicted molar refractivity (Wildman–Crippen MR) is 46.6 cm³/mol. The van der Waals surface area contributed by atoms with Crippen molar-refractivity contribution in [2.75, 3.05) is 6.61 Å². The predicted octanol–water partition coefficient (Wildman–Crippen LogP) is 1.01. The molecule has 2 rings (SSSR count). The highest BCUT2D eigenvalue weighted by atomic mass is 16.5.